The number of phenolic OH excluding ortho intramolecular Hbond substituents is 1. The van der Waals surface area contributed by atoms with Gasteiger partial charge in [0.1, 0.15) is 6.04 Å². The minimum absolute atomic E-state index is 0.0692. The fourth-order valence-corrected chi connectivity index (χ4v) is 3.76. The van der Waals surface area contributed by atoms with Gasteiger partial charge in [0.15, 0.2) is 17.5 Å². The first-order valence-electron chi connectivity index (χ1n) is 8.69. The van der Waals surface area contributed by atoms with Crippen molar-refractivity contribution in [2.75, 3.05) is 6.61 Å². The number of carboxylic acid groups (broad SMARTS) is 1. The summed E-state index contributed by atoms with van der Waals surface area (Å²) in [6, 6.07) is 12.1. The van der Waals surface area contributed by atoms with E-state index in [2.05, 4.69) is 4.98 Å². The number of nitrogens with two attached hydrogens (primary N) is 1. The summed E-state index contributed by atoms with van der Waals surface area (Å²) in [5.74, 6) is -0.610. The standard InChI is InChI=1S/C20H20N2O4/c1-2-26-17-9-11(7-8-16(17)23)18-19-13(10-15(22-18)20(24)25)12-5-3-4-6-14(12)21-19/h3-9,15,18,21-23H,2,10H2,1H3,(H,24,25)/t15-,18+/m1/s1. The zero-order valence-electron chi connectivity index (χ0n) is 14.4. The van der Waals surface area contributed by atoms with Crippen LogP contribution in [0.15, 0.2) is 42.5 Å². The Morgan fingerprint density at radius 1 is 1.35 bits per heavy atom. The summed E-state index contributed by atoms with van der Waals surface area (Å²) in [6.07, 6.45) is 0.411. The van der Waals surface area contributed by atoms with Gasteiger partial charge < -0.3 is 30.0 Å². The SMILES string of the molecule is CCOc1cc([C@@H]2[NH2+][C@@H](C(=O)[O-])Cc3c2[nH]c2ccccc32)ccc1O. The van der Waals surface area contributed by atoms with Crippen molar-refractivity contribution in [2.24, 2.45) is 0 Å². The van der Waals surface area contributed by atoms with Crippen molar-refractivity contribution in [3.63, 3.8) is 0 Å². The molecular formula is C20H20N2O4. The van der Waals surface area contributed by atoms with Gasteiger partial charge in [-0.05, 0) is 36.8 Å². The van der Waals surface area contributed by atoms with Gasteiger partial charge in [-0.2, -0.15) is 0 Å². The molecule has 2 atom stereocenters. The largest absolute Gasteiger partial charge is 0.544 e. The number of carbonyl (C=O) groups excluding carboxylic acids is 1. The predicted molar refractivity (Wildman–Crippen MR) is 93.8 cm³/mol. The van der Waals surface area contributed by atoms with Crippen LogP contribution in [0.1, 0.15) is 29.8 Å². The maximum atomic E-state index is 11.6. The second kappa shape index (κ2) is 6.38. The first-order chi connectivity index (χ1) is 12.6. The van der Waals surface area contributed by atoms with Crippen molar-refractivity contribution in [2.45, 2.75) is 25.4 Å². The van der Waals surface area contributed by atoms with Gasteiger partial charge in [-0.1, -0.05) is 18.2 Å². The highest BCUT2D eigenvalue weighted by molar-refractivity contribution is 5.86. The molecule has 0 spiro atoms. The van der Waals surface area contributed by atoms with E-state index in [1.54, 1.807) is 23.5 Å². The van der Waals surface area contributed by atoms with Crippen molar-refractivity contribution in [1.82, 2.24) is 4.98 Å². The molecule has 0 bridgehead atoms. The Morgan fingerprint density at radius 2 is 2.15 bits per heavy atom. The molecular weight excluding hydrogens is 332 g/mol. The molecule has 0 radical (unpaired) electrons. The minimum atomic E-state index is -1.07. The molecule has 1 aliphatic rings. The van der Waals surface area contributed by atoms with Crippen LogP contribution in [0.4, 0.5) is 0 Å². The van der Waals surface area contributed by atoms with Crippen molar-refractivity contribution in [3.8, 4) is 11.5 Å². The number of aromatic amines is 1. The van der Waals surface area contributed by atoms with E-state index in [-0.39, 0.29) is 11.8 Å². The van der Waals surface area contributed by atoms with Crippen LogP contribution in [0.5, 0.6) is 11.5 Å². The number of hydrogen-bond acceptors (Lipinski definition) is 4. The number of aromatic hydroxyl groups is 1. The molecule has 6 nitrogen and oxygen atoms in total. The van der Waals surface area contributed by atoms with Gasteiger partial charge in [0, 0.05) is 22.9 Å². The first-order valence-corrected chi connectivity index (χ1v) is 8.69. The average Bonchev–Trinajstić information content (AvgIpc) is 3.01. The van der Waals surface area contributed by atoms with E-state index in [9.17, 15) is 15.0 Å². The molecule has 0 saturated carbocycles. The first kappa shape index (κ1) is 16.5. The van der Waals surface area contributed by atoms with E-state index in [0.717, 1.165) is 27.7 Å². The number of fused-ring (bicyclic) bond motifs is 3. The van der Waals surface area contributed by atoms with Crippen molar-refractivity contribution < 1.29 is 25.1 Å². The predicted octanol–water partition coefficient (Wildman–Crippen LogP) is 0.600. The molecule has 0 saturated heterocycles. The summed E-state index contributed by atoms with van der Waals surface area (Å²) in [7, 11) is 0. The molecule has 0 unspecified atom stereocenters. The molecule has 26 heavy (non-hydrogen) atoms. The number of rotatable bonds is 4. The second-order valence-electron chi connectivity index (χ2n) is 6.52. The lowest BCUT2D eigenvalue weighted by Gasteiger charge is -2.29. The monoisotopic (exact) mass is 352 g/mol. The summed E-state index contributed by atoms with van der Waals surface area (Å²) in [5.41, 5.74) is 3.84. The highest BCUT2D eigenvalue weighted by Crippen LogP contribution is 2.35. The summed E-state index contributed by atoms with van der Waals surface area (Å²) in [5, 5.41) is 24.4. The molecule has 0 amide bonds. The zero-order valence-corrected chi connectivity index (χ0v) is 14.4. The third kappa shape index (κ3) is 2.68. The van der Waals surface area contributed by atoms with Gasteiger partial charge in [0.2, 0.25) is 0 Å². The number of quaternary nitrogens is 1. The lowest BCUT2D eigenvalue weighted by molar-refractivity contribution is -0.717. The Hall–Kier alpha value is -2.99. The smallest absolute Gasteiger partial charge is 0.161 e. The minimum Gasteiger partial charge on any atom is -0.544 e. The number of aromatic nitrogens is 1. The maximum absolute atomic E-state index is 11.6. The van der Waals surface area contributed by atoms with Crippen LogP contribution >= 0.6 is 0 Å². The zero-order chi connectivity index (χ0) is 18.3. The number of hydrogen-bond donors (Lipinski definition) is 3. The van der Waals surface area contributed by atoms with Gasteiger partial charge in [0.25, 0.3) is 0 Å². The van der Waals surface area contributed by atoms with E-state index >= 15 is 0 Å². The molecule has 1 aliphatic heterocycles. The molecule has 0 aliphatic carbocycles. The van der Waals surface area contributed by atoms with Crippen molar-refractivity contribution in [3.05, 3.63) is 59.3 Å². The molecule has 2 heterocycles. The summed E-state index contributed by atoms with van der Waals surface area (Å²) < 4.78 is 5.49. The Morgan fingerprint density at radius 3 is 2.92 bits per heavy atom. The van der Waals surface area contributed by atoms with Gasteiger partial charge >= 0.3 is 0 Å². The lowest BCUT2D eigenvalue weighted by atomic mass is 9.90. The number of aliphatic carboxylic acids is 1. The number of para-hydroxylation sites is 1. The summed E-state index contributed by atoms with van der Waals surface area (Å²) in [4.78, 5) is 15.0. The molecule has 6 heteroatoms. The van der Waals surface area contributed by atoms with Gasteiger partial charge in [-0.15, -0.1) is 0 Å². The number of phenols is 1. The van der Waals surface area contributed by atoms with Crippen LogP contribution in [0.2, 0.25) is 0 Å². The molecule has 4 rings (SSSR count). The second-order valence-corrected chi connectivity index (χ2v) is 6.52. The quantitative estimate of drug-likeness (QED) is 0.640. The number of nitrogens with one attached hydrogen (secondary N) is 1. The molecule has 134 valence electrons. The molecule has 0 fully saturated rings. The van der Waals surface area contributed by atoms with E-state index < -0.39 is 12.0 Å². The molecule has 3 aromatic rings. The topological polar surface area (TPSA) is 102 Å². The lowest BCUT2D eigenvalue weighted by Crippen LogP contribution is -2.95. The fourth-order valence-electron chi connectivity index (χ4n) is 3.76. The van der Waals surface area contributed by atoms with Crippen molar-refractivity contribution >= 4 is 16.9 Å². The van der Waals surface area contributed by atoms with E-state index in [1.165, 1.54) is 0 Å². The van der Waals surface area contributed by atoms with Crippen LogP contribution in [-0.2, 0) is 11.2 Å². The van der Waals surface area contributed by atoms with Gasteiger partial charge in [-0.3, -0.25) is 0 Å². The van der Waals surface area contributed by atoms with Gasteiger partial charge in [0.05, 0.1) is 18.3 Å². The van der Waals surface area contributed by atoms with Crippen LogP contribution in [0.25, 0.3) is 10.9 Å². The highest BCUT2D eigenvalue weighted by atomic mass is 16.5. The maximum Gasteiger partial charge on any atom is 0.161 e. The van der Waals surface area contributed by atoms with E-state index in [1.807, 2.05) is 31.2 Å². The third-order valence-electron chi connectivity index (χ3n) is 4.95. The summed E-state index contributed by atoms with van der Waals surface area (Å²) in [6.45, 7) is 2.28. The van der Waals surface area contributed by atoms with Crippen LogP contribution in [0, 0.1) is 0 Å². The molecule has 1 aromatic heterocycles. The summed E-state index contributed by atoms with van der Waals surface area (Å²) >= 11 is 0. The third-order valence-corrected chi connectivity index (χ3v) is 4.95. The molecule has 4 N–H and O–H groups in total. The Balaban J connectivity index is 1.86. The number of ether oxygens (including phenoxy) is 1. The number of benzene rings is 2. The Labute approximate surface area is 150 Å². The average molecular weight is 352 g/mol. The molecule has 2 aromatic carbocycles. The van der Waals surface area contributed by atoms with Crippen LogP contribution < -0.4 is 15.2 Å². The Bertz CT molecular complexity index is 979. The van der Waals surface area contributed by atoms with Gasteiger partial charge in [-0.25, -0.2) is 0 Å². The van der Waals surface area contributed by atoms with E-state index in [0.29, 0.717) is 18.8 Å². The number of carbonyl (C=O) groups is 1. The normalized spacial score (nSPS) is 19.3. The van der Waals surface area contributed by atoms with E-state index in [4.69, 9.17) is 4.74 Å². The van der Waals surface area contributed by atoms with Crippen LogP contribution in [-0.4, -0.2) is 28.7 Å². The Kier molecular flexibility index (Phi) is 4.05. The highest BCUT2D eigenvalue weighted by Gasteiger charge is 2.35. The number of H-pyrrole nitrogens is 1. The van der Waals surface area contributed by atoms with Crippen molar-refractivity contribution in [1.29, 1.82) is 0 Å². The van der Waals surface area contributed by atoms with Crippen LogP contribution in [0.3, 0.4) is 0 Å². The number of carboxylic acids is 1. The fraction of sp³-hybridized carbons (Fsp3) is 0.250.